The second-order valence-electron chi connectivity index (χ2n) is 4.24. The quantitative estimate of drug-likeness (QED) is 0.631. The third-order valence-corrected chi connectivity index (χ3v) is 3.99. The zero-order chi connectivity index (χ0) is 16.5. The van der Waals surface area contributed by atoms with Crippen LogP contribution in [0.5, 0.6) is 0 Å². The Morgan fingerprint density at radius 1 is 1.09 bits per heavy atom. The minimum Gasteiger partial charge on any atom is -0.255 e. The van der Waals surface area contributed by atoms with Crippen LogP contribution in [0.3, 0.4) is 0 Å². The van der Waals surface area contributed by atoms with Gasteiger partial charge in [-0.3, -0.25) is 4.98 Å². The van der Waals surface area contributed by atoms with Crippen LogP contribution in [-0.4, -0.2) is 4.98 Å². The second kappa shape index (κ2) is 6.33. The topological polar surface area (TPSA) is 36.7 Å². The van der Waals surface area contributed by atoms with E-state index in [1.54, 1.807) is 6.07 Å². The fourth-order valence-electron chi connectivity index (χ4n) is 1.98. The number of nitriles is 1. The van der Waals surface area contributed by atoms with Crippen molar-refractivity contribution in [2.24, 2.45) is 0 Å². The van der Waals surface area contributed by atoms with E-state index in [0.29, 0.717) is 0 Å². The SMILES string of the molecule is N#CCc1ccnc(-c2c(Cl)ccc(Cl)c2Cl)c1C(F)(F)F. The monoisotopic (exact) mass is 364 g/mol. The van der Waals surface area contributed by atoms with Crippen molar-refractivity contribution in [1.82, 2.24) is 4.98 Å². The van der Waals surface area contributed by atoms with Crippen LogP contribution in [0.2, 0.25) is 15.1 Å². The van der Waals surface area contributed by atoms with Crippen LogP contribution in [0.15, 0.2) is 24.4 Å². The second-order valence-corrected chi connectivity index (χ2v) is 5.44. The summed E-state index contributed by atoms with van der Waals surface area (Å²) in [4.78, 5) is 3.76. The van der Waals surface area contributed by atoms with Crippen molar-refractivity contribution >= 4 is 34.8 Å². The Labute approximate surface area is 139 Å². The molecule has 8 heteroatoms. The van der Waals surface area contributed by atoms with Crippen LogP contribution in [-0.2, 0) is 12.6 Å². The van der Waals surface area contributed by atoms with Gasteiger partial charge in [0.15, 0.2) is 0 Å². The van der Waals surface area contributed by atoms with Gasteiger partial charge in [0.25, 0.3) is 0 Å². The van der Waals surface area contributed by atoms with Crippen LogP contribution >= 0.6 is 34.8 Å². The molecule has 0 spiro atoms. The van der Waals surface area contributed by atoms with Gasteiger partial charge in [-0.1, -0.05) is 34.8 Å². The standard InChI is InChI=1S/C14H6Cl3F3N2/c15-8-1-2-9(16)12(17)10(8)13-11(14(18,19)20)7(3-5-21)4-6-22-13/h1-2,4,6H,3H2. The third kappa shape index (κ3) is 3.14. The van der Waals surface area contributed by atoms with Gasteiger partial charge in [0.2, 0.25) is 0 Å². The van der Waals surface area contributed by atoms with Crippen molar-refractivity contribution < 1.29 is 13.2 Å². The van der Waals surface area contributed by atoms with Crippen molar-refractivity contribution in [2.75, 3.05) is 0 Å². The number of pyridine rings is 1. The molecule has 0 aliphatic heterocycles. The normalized spacial score (nSPS) is 11.3. The lowest BCUT2D eigenvalue weighted by Crippen LogP contribution is -2.12. The van der Waals surface area contributed by atoms with Gasteiger partial charge < -0.3 is 0 Å². The number of alkyl halides is 3. The summed E-state index contributed by atoms with van der Waals surface area (Å²) in [6.07, 6.45) is -3.96. The maximum Gasteiger partial charge on any atom is 0.418 e. The van der Waals surface area contributed by atoms with E-state index in [2.05, 4.69) is 4.98 Å². The van der Waals surface area contributed by atoms with Crippen molar-refractivity contribution in [3.05, 3.63) is 50.6 Å². The minimum absolute atomic E-state index is 0.0125. The molecule has 114 valence electrons. The highest BCUT2D eigenvalue weighted by Gasteiger charge is 2.38. The smallest absolute Gasteiger partial charge is 0.255 e. The molecule has 0 aliphatic rings. The fourth-order valence-corrected chi connectivity index (χ4v) is 2.69. The third-order valence-electron chi connectivity index (χ3n) is 2.87. The van der Waals surface area contributed by atoms with Crippen molar-refractivity contribution in [3.63, 3.8) is 0 Å². The molecule has 1 heterocycles. The Bertz CT molecular complexity index is 767. The molecular weight excluding hydrogens is 360 g/mol. The van der Waals surface area contributed by atoms with Crippen LogP contribution in [0.25, 0.3) is 11.3 Å². The summed E-state index contributed by atoms with van der Waals surface area (Å²) in [5.74, 6) is 0. The molecule has 2 rings (SSSR count). The zero-order valence-electron chi connectivity index (χ0n) is 10.7. The molecule has 0 amide bonds. The Kier molecular flexibility index (Phi) is 4.86. The predicted octanol–water partition coefficient (Wildman–Crippen LogP) is 5.79. The number of hydrogen-bond donors (Lipinski definition) is 0. The van der Waals surface area contributed by atoms with E-state index in [4.69, 9.17) is 40.1 Å². The number of aromatic nitrogens is 1. The molecular formula is C14H6Cl3F3N2. The maximum atomic E-state index is 13.4. The number of nitrogens with zero attached hydrogens (tertiary/aromatic N) is 2. The summed E-state index contributed by atoms with van der Waals surface area (Å²) in [5.41, 5.74) is -1.80. The molecule has 1 aromatic heterocycles. The first-order chi connectivity index (χ1) is 10.3. The highest BCUT2D eigenvalue weighted by Crippen LogP contribution is 2.44. The Morgan fingerprint density at radius 2 is 1.73 bits per heavy atom. The molecule has 0 bridgehead atoms. The molecule has 0 N–H and O–H groups in total. The van der Waals surface area contributed by atoms with Gasteiger partial charge in [-0.15, -0.1) is 0 Å². The van der Waals surface area contributed by atoms with Gasteiger partial charge >= 0.3 is 6.18 Å². The molecule has 2 aromatic rings. The highest BCUT2D eigenvalue weighted by atomic mass is 35.5. The first-order valence-electron chi connectivity index (χ1n) is 5.83. The van der Waals surface area contributed by atoms with E-state index in [1.165, 1.54) is 18.3 Å². The lowest BCUT2D eigenvalue weighted by atomic mass is 9.99. The average Bonchev–Trinajstić information content (AvgIpc) is 2.43. The van der Waals surface area contributed by atoms with Crippen molar-refractivity contribution in [3.8, 4) is 17.3 Å². The molecule has 0 radical (unpaired) electrons. The van der Waals surface area contributed by atoms with Crippen LogP contribution in [0, 0.1) is 11.3 Å². The van der Waals surface area contributed by atoms with Crippen LogP contribution in [0.4, 0.5) is 13.2 Å². The number of benzene rings is 1. The van der Waals surface area contributed by atoms with Gasteiger partial charge in [0.05, 0.1) is 38.8 Å². The van der Waals surface area contributed by atoms with Crippen molar-refractivity contribution in [1.29, 1.82) is 5.26 Å². The highest BCUT2D eigenvalue weighted by molar-refractivity contribution is 6.46. The maximum absolute atomic E-state index is 13.4. The van der Waals surface area contributed by atoms with Gasteiger partial charge in [0, 0.05) is 11.8 Å². The van der Waals surface area contributed by atoms with Crippen LogP contribution < -0.4 is 0 Å². The van der Waals surface area contributed by atoms with E-state index in [9.17, 15) is 13.2 Å². The number of hydrogen-bond acceptors (Lipinski definition) is 2. The number of rotatable bonds is 2. The van der Waals surface area contributed by atoms with Gasteiger partial charge in [-0.2, -0.15) is 18.4 Å². The Balaban J connectivity index is 2.86. The van der Waals surface area contributed by atoms with Gasteiger partial charge in [-0.05, 0) is 23.8 Å². The minimum atomic E-state index is -4.72. The van der Waals surface area contributed by atoms with E-state index >= 15 is 0 Å². The molecule has 0 atom stereocenters. The first kappa shape index (κ1) is 16.9. The van der Waals surface area contributed by atoms with E-state index in [0.717, 1.165) is 6.07 Å². The summed E-state index contributed by atoms with van der Waals surface area (Å²) in [6, 6.07) is 5.55. The molecule has 0 aliphatic carbocycles. The predicted molar refractivity (Wildman–Crippen MR) is 79.0 cm³/mol. The summed E-state index contributed by atoms with van der Waals surface area (Å²) in [6.45, 7) is 0. The average molecular weight is 366 g/mol. The molecule has 22 heavy (non-hydrogen) atoms. The van der Waals surface area contributed by atoms with E-state index < -0.39 is 23.9 Å². The molecule has 1 aromatic carbocycles. The van der Waals surface area contributed by atoms with Gasteiger partial charge in [-0.25, -0.2) is 0 Å². The lowest BCUT2D eigenvalue weighted by molar-refractivity contribution is -0.137. The largest absolute Gasteiger partial charge is 0.418 e. The molecule has 2 nitrogen and oxygen atoms in total. The lowest BCUT2D eigenvalue weighted by Gasteiger charge is -2.17. The molecule has 0 saturated carbocycles. The summed E-state index contributed by atoms with van der Waals surface area (Å²) < 4.78 is 40.2. The Morgan fingerprint density at radius 3 is 2.32 bits per heavy atom. The van der Waals surface area contributed by atoms with E-state index in [1.807, 2.05) is 0 Å². The zero-order valence-corrected chi connectivity index (χ0v) is 12.9. The first-order valence-corrected chi connectivity index (χ1v) is 6.96. The summed E-state index contributed by atoms with van der Waals surface area (Å²) in [5, 5.41) is 8.63. The molecule has 0 saturated heterocycles. The molecule has 0 fully saturated rings. The number of halogens is 6. The molecule has 0 unspecified atom stereocenters. The summed E-state index contributed by atoms with van der Waals surface area (Å²) >= 11 is 17.8. The summed E-state index contributed by atoms with van der Waals surface area (Å²) in [7, 11) is 0. The Hall–Kier alpha value is -1.48. The van der Waals surface area contributed by atoms with Gasteiger partial charge in [0.1, 0.15) is 0 Å². The fraction of sp³-hybridized carbons (Fsp3) is 0.143. The van der Waals surface area contributed by atoms with Crippen LogP contribution in [0.1, 0.15) is 11.1 Å². The van der Waals surface area contributed by atoms with Crippen molar-refractivity contribution in [2.45, 2.75) is 12.6 Å². The van der Waals surface area contributed by atoms with E-state index in [-0.39, 0.29) is 26.2 Å².